The van der Waals surface area contributed by atoms with E-state index < -0.39 is 6.04 Å². The molecule has 1 unspecified atom stereocenters. The number of hydrogen-bond donors (Lipinski definition) is 0. The SMILES string of the molecule is Cc1cc2oc3c(c(=O)c2cc1C)C(c1ccccc1)N(c1nncs1)C3=O. The largest absolute Gasteiger partial charge is 0.450 e. The Morgan fingerprint density at radius 1 is 1.07 bits per heavy atom. The highest BCUT2D eigenvalue weighted by Gasteiger charge is 2.44. The third-order valence-corrected chi connectivity index (χ3v) is 5.85. The third kappa shape index (κ3) is 2.33. The molecular weight excluding hydrogens is 374 g/mol. The first-order valence-electron chi connectivity index (χ1n) is 8.79. The maximum Gasteiger partial charge on any atom is 0.297 e. The van der Waals surface area contributed by atoms with Crippen molar-refractivity contribution in [2.24, 2.45) is 0 Å². The van der Waals surface area contributed by atoms with Crippen LogP contribution in [0.3, 0.4) is 0 Å². The molecule has 0 bridgehead atoms. The summed E-state index contributed by atoms with van der Waals surface area (Å²) in [4.78, 5) is 28.2. The summed E-state index contributed by atoms with van der Waals surface area (Å²) in [7, 11) is 0. The fourth-order valence-electron chi connectivity index (χ4n) is 3.65. The molecule has 0 aliphatic carbocycles. The Labute approximate surface area is 164 Å². The normalized spacial score (nSPS) is 16.0. The van der Waals surface area contributed by atoms with Gasteiger partial charge in [-0.05, 0) is 42.7 Å². The van der Waals surface area contributed by atoms with Crippen LogP contribution in [0.25, 0.3) is 11.0 Å². The molecule has 138 valence electrons. The lowest BCUT2D eigenvalue weighted by Crippen LogP contribution is -2.29. The molecule has 28 heavy (non-hydrogen) atoms. The molecule has 0 spiro atoms. The summed E-state index contributed by atoms with van der Waals surface area (Å²) in [6.07, 6.45) is 0. The molecule has 3 heterocycles. The molecule has 1 aliphatic heterocycles. The van der Waals surface area contributed by atoms with Gasteiger partial charge < -0.3 is 4.42 Å². The number of nitrogens with zero attached hydrogens (tertiary/aromatic N) is 3. The monoisotopic (exact) mass is 389 g/mol. The van der Waals surface area contributed by atoms with Crippen LogP contribution in [-0.2, 0) is 0 Å². The van der Waals surface area contributed by atoms with Crippen LogP contribution in [0.1, 0.15) is 38.9 Å². The van der Waals surface area contributed by atoms with Gasteiger partial charge in [0, 0.05) is 0 Å². The van der Waals surface area contributed by atoms with Crippen LogP contribution in [0, 0.1) is 13.8 Å². The summed E-state index contributed by atoms with van der Waals surface area (Å²) in [5.74, 6) is -0.303. The van der Waals surface area contributed by atoms with Gasteiger partial charge >= 0.3 is 0 Å². The predicted molar refractivity (Wildman–Crippen MR) is 107 cm³/mol. The van der Waals surface area contributed by atoms with Gasteiger partial charge in [-0.2, -0.15) is 0 Å². The maximum absolute atomic E-state index is 13.5. The van der Waals surface area contributed by atoms with Gasteiger partial charge in [-0.15, -0.1) is 10.2 Å². The lowest BCUT2D eigenvalue weighted by atomic mass is 9.98. The van der Waals surface area contributed by atoms with Crippen LogP contribution in [0.4, 0.5) is 5.13 Å². The Bertz CT molecular complexity index is 1280. The number of hydrogen-bond acceptors (Lipinski definition) is 6. The Hall–Kier alpha value is -3.32. The summed E-state index contributed by atoms with van der Waals surface area (Å²) >= 11 is 1.25. The first kappa shape index (κ1) is 16.8. The first-order chi connectivity index (χ1) is 13.6. The number of amides is 1. The van der Waals surface area contributed by atoms with Gasteiger partial charge in [0.25, 0.3) is 5.91 Å². The molecule has 1 atom stereocenters. The second-order valence-corrected chi connectivity index (χ2v) is 7.63. The second-order valence-electron chi connectivity index (χ2n) is 6.82. The number of aromatic nitrogens is 2. The highest BCUT2D eigenvalue weighted by atomic mass is 32.1. The molecule has 1 amide bonds. The van der Waals surface area contributed by atoms with Crippen LogP contribution in [0.2, 0.25) is 0 Å². The highest BCUT2D eigenvalue weighted by molar-refractivity contribution is 7.13. The zero-order valence-corrected chi connectivity index (χ0v) is 16.0. The lowest BCUT2D eigenvalue weighted by Gasteiger charge is -2.21. The van der Waals surface area contributed by atoms with Gasteiger partial charge in [-0.1, -0.05) is 41.7 Å². The van der Waals surface area contributed by atoms with E-state index in [0.717, 1.165) is 16.7 Å². The fourth-order valence-corrected chi connectivity index (χ4v) is 4.23. The summed E-state index contributed by atoms with van der Waals surface area (Å²) in [6.45, 7) is 3.90. The van der Waals surface area contributed by atoms with Crippen molar-refractivity contribution >= 4 is 33.3 Å². The molecule has 2 aromatic carbocycles. The van der Waals surface area contributed by atoms with Crippen LogP contribution in [-0.4, -0.2) is 16.1 Å². The third-order valence-electron chi connectivity index (χ3n) is 5.16. The molecule has 2 aromatic heterocycles. The van der Waals surface area contributed by atoms with Crippen molar-refractivity contribution in [3.05, 3.63) is 86.2 Å². The highest BCUT2D eigenvalue weighted by Crippen LogP contribution is 2.41. The molecule has 6 nitrogen and oxygen atoms in total. The molecule has 0 saturated heterocycles. The van der Waals surface area contributed by atoms with Crippen LogP contribution in [0.5, 0.6) is 0 Å². The Morgan fingerprint density at radius 3 is 2.54 bits per heavy atom. The van der Waals surface area contributed by atoms with Gasteiger partial charge in [0.15, 0.2) is 5.43 Å². The van der Waals surface area contributed by atoms with E-state index in [9.17, 15) is 9.59 Å². The molecule has 0 radical (unpaired) electrons. The summed E-state index contributed by atoms with van der Waals surface area (Å²) in [5, 5.41) is 8.84. The maximum atomic E-state index is 13.5. The van der Waals surface area contributed by atoms with Gasteiger partial charge in [-0.3, -0.25) is 14.5 Å². The Kier molecular flexibility index (Phi) is 3.67. The average molecular weight is 389 g/mol. The first-order valence-corrected chi connectivity index (χ1v) is 9.67. The lowest BCUT2D eigenvalue weighted by molar-refractivity contribution is 0.0970. The molecule has 7 heteroatoms. The topological polar surface area (TPSA) is 76.3 Å². The van der Waals surface area contributed by atoms with Crippen molar-refractivity contribution in [2.75, 3.05) is 4.90 Å². The number of anilines is 1. The van der Waals surface area contributed by atoms with Crippen molar-refractivity contribution in [3.8, 4) is 0 Å². The van der Waals surface area contributed by atoms with E-state index in [1.807, 2.05) is 56.3 Å². The Morgan fingerprint density at radius 2 is 1.82 bits per heavy atom. The number of aryl methyl sites for hydroxylation is 2. The van der Waals surface area contributed by atoms with Gasteiger partial charge in [-0.25, -0.2) is 0 Å². The van der Waals surface area contributed by atoms with E-state index in [2.05, 4.69) is 10.2 Å². The van der Waals surface area contributed by atoms with E-state index in [-0.39, 0.29) is 17.1 Å². The number of fused-ring (bicyclic) bond motifs is 2. The van der Waals surface area contributed by atoms with Crippen LogP contribution in [0.15, 0.2) is 57.2 Å². The molecule has 5 rings (SSSR count). The zero-order valence-electron chi connectivity index (χ0n) is 15.2. The number of carbonyl (C=O) groups is 1. The predicted octanol–water partition coefficient (Wildman–Crippen LogP) is 4.01. The van der Waals surface area contributed by atoms with E-state index >= 15 is 0 Å². The smallest absolute Gasteiger partial charge is 0.297 e. The molecule has 0 fully saturated rings. The van der Waals surface area contributed by atoms with Crippen molar-refractivity contribution in [3.63, 3.8) is 0 Å². The minimum Gasteiger partial charge on any atom is -0.450 e. The number of carbonyl (C=O) groups excluding carboxylic acids is 1. The minimum atomic E-state index is -0.598. The van der Waals surface area contributed by atoms with Crippen molar-refractivity contribution < 1.29 is 9.21 Å². The van der Waals surface area contributed by atoms with Gasteiger partial charge in [0.05, 0.1) is 17.0 Å². The molecular formula is C21H15N3O3S. The second kappa shape index (κ2) is 6.10. The molecule has 0 saturated carbocycles. The Balaban J connectivity index is 1.85. The summed E-state index contributed by atoms with van der Waals surface area (Å²) < 4.78 is 5.98. The van der Waals surface area contributed by atoms with E-state index in [4.69, 9.17) is 4.42 Å². The number of benzene rings is 2. The van der Waals surface area contributed by atoms with E-state index in [0.29, 0.717) is 21.7 Å². The van der Waals surface area contributed by atoms with Gasteiger partial charge in [0.2, 0.25) is 10.9 Å². The molecule has 4 aromatic rings. The van der Waals surface area contributed by atoms with Crippen molar-refractivity contribution in [1.82, 2.24) is 10.2 Å². The molecule has 1 aliphatic rings. The van der Waals surface area contributed by atoms with Crippen molar-refractivity contribution in [2.45, 2.75) is 19.9 Å². The summed E-state index contributed by atoms with van der Waals surface area (Å²) in [5.41, 5.74) is 4.97. The molecule has 0 N–H and O–H groups in total. The quantitative estimate of drug-likeness (QED) is 0.518. The average Bonchev–Trinajstić information content (AvgIpc) is 3.31. The standard InChI is InChI=1S/C21H15N3O3S/c1-11-8-14-15(9-12(11)2)27-19-16(18(14)25)17(13-6-4-3-5-7-13)24(20(19)26)21-23-22-10-28-21/h3-10,17H,1-2H3. The van der Waals surface area contributed by atoms with Crippen LogP contribution < -0.4 is 10.3 Å². The summed E-state index contributed by atoms with van der Waals surface area (Å²) in [6, 6.07) is 12.5. The van der Waals surface area contributed by atoms with Crippen LogP contribution >= 0.6 is 11.3 Å². The van der Waals surface area contributed by atoms with Gasteiger partial charge in [0.1, 0.15) is 11.1 Å². The zero-order chi connectivity index (χ0) is 19.4. The fraction of sp³-hybridized carbons (Fsp3) is 0.143. The minimum absolute atomic E-state index is 0.0739. The van der Waals surface area contributed by atoms with E-state index in [1.54, 1.807) is 5.51 Å². The number of rotatable bonds is 2. The van der Waals surface area contributed by atoms with Crippen molar-refractivity contribution in [1.29, 1.82) is 0 Å². The van der Waals surface area contributed by atoms with E-state index in [1.165, 1.54) is 16.2 Å².